The highest BCUT2D eigenvalue weighted by Crippen LogP contribution is 2.22. The van der Waals surface area contributed by atoms with E-state index < -0.39 is 7.12 Å². The van der Waals surface area contributed by atoms with Crippen LogP contribution >= 0.6 is 34.8 Å². The normalized spacial score (nSPS) is 10.3. The predicted molar refractivity (Wildman–Crippen MR) is 158 cm³/mol. The molecule has 0 unspecified atom stereocenters. The van der Waals surface area contributed by atoms with Gasteiger partial charge in [-0.1, -0.05) is 76.2 Å². The maximum absolute atomic E-state index is 8.81. The third-order valence-electron chi connectivity index (χ3n) is 5.25. The molecule has 2 aromatic heterocycles. The molecule has 0 aliphatic heterocycles. The van der Waals surface area contributed by atoms with Crippen LogP contribution in [0.4, 0.5) is 0 Å². The molecule has 0 bridgehead atoms. The Kier molecular flexibility index (Phi) is 13.5. The highest BCUT2D eigenvalue weighted by Gasteiger charge is 2.10. The summed E-state index contributed by atoms with van der Waals surface area (Å²) in [4.78, 5) is 22.8. The lowest BCUT2D eigenvalue weighted by atomic mass is 9.79. The van der Waals surface area contributed by atoms with Crippen molar-refractivity contribution in [3.63, 3.8) is 0 Å². The fourth-order valence-corrected chi connectivity index (χ4v) is 3.52. The Morgan fingerprint density at radius 2 is 1.00 bits per heavy atom. The van der Waals surface area contributed by atoms with E-state index in [1.54, 1.807) is 12.1 Å². The third kappa shape index (κ3) is 10.8. The van der Waals surface area contributed by atoms with Crippen molar-refractivity contribution in [2.45, 2.75) is 39.5 Å². The Labute approximate surface area is 248 Å². The van der Waals surface area contributed by atoms with E-state index >= 15 is 0 Å². The van der Waals surface area contributed by atoms with E-state index in [0.29, 0.717) is 23.1 Å². The number of nitrogens with zero attached hydrogens (tertiary/aromatic N) is 6. The number of hydrogen-bond donors (Lipinski definition) is 2. The van der Waals surface area contributed by atoms with Gasteiger partial charge in [-0.3, -0.25) is 0 Å². The summed E-state index contributed by atoms with van der Waals surface area (Å²) in [6, 6.07) is 15.7. The average Bonchev–Trinajstić information content (AvgIpc) is 2.93. The Bertz CT molecular complexity index is 1300. The maximum Gasteiger partial charge on any atom is 0.488 e. The standard InChI is InChI=1S/C13H14ClN3O.C9H13BO2.C4H3Cl2N3O/c1-8(2)9-4-6-10(7-5-9)11-15-12(14)17-13(16-11)18-3;1-7(2)8-3-5-9(6-4-8)10(11)12;1-10-4-8-2(5)7-3(6)9-4/h4-8H,1-3H3;3-7,11-12H,1-2H3;1H3. The molecule has 0 radical (unpaired) electrons. The first-order valence-electron chi connectivity index (χ1n) is 12.1. The first-order valence-corrected chi connectivity index (χ1v) is 13.2. The zero-order chi connectivity index (χ0) is 29.8. The van der Waals surface area contributed by atoms with Crippen LogP contribution < -0.4 is 14.9 Å². The van der Waals surface area contributed by atoms with Gasteiger partial charge in [0, 0.05) is 5.56 Å². The molecule has 2 N–H and O–H groups in total. The van der Waals surface area contributed by atoms with Crippen LogP contribution in [0.15, 0.2) is 48.5 Å². The van der Waals surface area contributed by atoms with E-state index in [1.807, 2.05) is 24.3 Å². The van der Waals surface area contributed by atoms with Gasteiger partial charge in [0.05, 0.1) is 14.2 Å². The number of rotatable bonds is 6. The molecule has 0 saturated heterocycles. The van der Waals surface area contributed by atoms with Crippen LogP contribution in [-0.4, -0.2) is 61.3 Å². The molecule has 0 spiro atoms. The van der Waals surface area contributed by atoms with Gasteiger partial charge in [-0.15, -0.1) is 0 Å². The van der Waals surface area contributed by atoms with Gasteiger partial charge in [0.25, 0.3) is 0 Å². The summed E-state index contributed by atoms with van der Waals surface area (Å²) in [5.41, 5.74) is 3.91. The molecule has 0 fully saturated rings. The first kappa shape index (κ1) is 33.1. The van der Waals surface area contributed by atoms with Gasteiger partial charge < -0.3 is 19.5 Å². The third-order valence-corrected chi connectivity index (χ3v) is 5.76. The van der Waals surface area contributed by atoms with Gasteiger partial charge >= 0.3 is 19.1 Å². The fourth-order valence-electron chi connectivity index (χ4n) is 3.02. The topological polar surface area (TPSA) is 136 Å². The Morgan fingerprint density at radius 1 is 0.600 bits per heavy atom. The molecule has 0 amide bonds. The molecule has 40 heavy (non-hydrogen) atoms. The van der Waals surface area contributed by atoms with Crippen LogP contribution in [0.25, 0.3) is 11.4 Å². The molecule has 2 aromatic carbocycles. The van der Waals surface area contributed by atoms with Gasteiger partial charge in [-0.25, -0.2) is 0 Å². The number of ether oxygens (including phenoxy) is 2. The van der Waals surface area contributed by atoms with Gasteiger partial charge in [-0.05, 0) is 63.2 Å². The number of aromatic nitrogens is 6. The highest BCUT2D eigenvalue weighted by molar-refractivity contribution is 6.58. The average molecular weight is 608 g/mol. The van der Waals surface area contributed by atoms with Crippen molar-refractivity contribution >= 4 is 47.4 Å². The minimum absolute atomic E-state index is 0.0249. The molecule has 0 aliphatic rings. The highest BCUT2D eigenvalue weighted by atomic mass is 35.5. The number of hydrogen-bond acceptors (Lipinski definition) is 10. The summed E-state index contributed by atoms with van der Waals surface area (Å²) in [6.07, 6.45) is 0. The second-order valence-electron chi connectivity index (χ2n) is 8.75. The van der Waals surface area contributed by atoms with Gasteiger partial charge in [0.2, 0.25) is 15.9 Å². The Morgan fingerprint density at radius 3 is 1.40 bits per heavy atom. The molecule has 4 aromatic rings. The molecule has 0 aliphatic carbocycles. The number of halogens is 3. The summed E-state index contributed by atoms with van der Waals surface area (Å²) >= 11 is 16.6. The Balaban J connectivity index is 0.000000222. The monoisotopic (exact) mass is 606 g/mol. The predicted octanol–water partition coefficient (Wildman–Crippen LogP) is 5.00. The lowest BCUT2D eigenvalue weighted by molar-refractivity contribution is 0.378. The summed E-state index contributed by atoms with van der Waals surface area (Å²) in [5.74, 6) is 1.49. The van der Waals surface area contributed by atoms with E-state index in [-0.39, 0.29) is 27.9 Å². The smallest absolute Gasteiger partial charge is 0.467 e. The first-order chi connectivity index (χ1) is 18.9. The quantitative estimate of drug-likeness (QED) is 0.288. The molecule has 14 heteroatoms. The van der Waals surface area contributed by atoms with Gasteiger partial charge in [-0.2, -0.15) is 29.9 Å². The molecule has 0 atom stereocenters. The molecule has 0 saturated carbocycles. The second-order valence-corrected chi connectivity index (χ2v) is 9.76. The summed E-state index contributed by atoms with van der Waals surface area (Å²) in [6.45, 7) is 8.50. The molecule has 212 valence electrons. The van der Waals surface area contributed by atoms with Crippen LogP contribution in [0.2, 0.25) is 15.9 Å². The summed E-state index contributed by atoms with van der Waals surface area (Å²) in [5, 5.41) is 17.8. The minimum atomic E-state index is -1.36. The van der Waals surface area contributed by atoms with E-state index in [4.69, 9.17) is 49.6 Å². The maximum atomic E-state index is 8.81. The Hall–Kier alpha value is -3.09. The second kappa shape index (κ2) is 16.2. The van der Waals surface area contributed by atoms with Crippen molar-refractivity contribution in [1.29, 1.82) is 0 Å². The van der Waals surface area contributed by atoms with E-state index in [0.717, 1.165) is 5.56 Å². The van der Waals surface area contributed by atoms with Crippen molar-refractivity contribution in [2.75, 3.05) is 14.2 Å². The SMILES string of the molecule is CC(C)c1ccc(B(O)O)cc1.COc1nc(Cl)nc(-c2ccc(C(C)C)cc2)n1.COc1nc(Cl)nc(Cl)n1. The zero-order valence-electron chi connectivity index (χ0n) is 22.9. The van der Waals surface area contributed by atoms with E-state index in [1.165, 1.54) is 25.3 Å². The van der Waals surface area contributed by atoms with Crippen LogP contribution in [0, 0.1) is 0 Å². The molecular weight excluding hydrogens is 577 g/mol. The number of benzene rings is 2. The lowest BCUT2D eigenvalue weighted by Crippen LogP contribution is -2.29. The fraction of sp³-hybridized carbons (Fsp3) is 0.308. The van der Waals surface area contributed by atoms with Gasteiger partial charge in [0.15, 0.2) is 5.82 Å². The van der Waals surface area contributed by atoms with Crippen molar-refractivity contribution in [1.82, 2.24) is 29.9 Å². The zero-order valence-corrected chi connectivity index (χ0v) is 25.1. The summed E-state index contributed by atoms with van der Waals surface area (Å²) in [7, 11) is 1.56. The van der Waals surface area contributed by atoms with Crippen LogP contribution in [0.1, 0.15) is 50.7 Å². The minimum Gasteiger partial charge on any atom is -0.467 e. The van der Waals surface area contributed by atoms with Gasteiger partial charge in [0.1, 0.15) is 0 Å². The lowest BCUT2D eigenvalue weighted by Gasteiger charge is -2.07. The van der Waals surface area contributed by atoms with Crippen LogP contribution in [0.3, 0.4) is 0 Å². The van der Waals surface area contributed by atoms with E-state index in [2.05, 4.69) is 74.5 Å². The molecule has 10 nitrogen and oxygen atoms in total. The van der Waals surface area contributed by atoms with Crippen molar-refractivity contribution in [3.8, 4) is 23.4 Å². The molecule has 2 heterocycles. The van der Waals surface area contributed by atoms with E-state index in [9.17, 15) is 0 Å². The van der Waals surface area contributed by atoms with Crippen LogP contribution in [-0.2, 0) is 0 Å². The molecular formula is C26H30BCl3N6O4. The molecule has 4 rings (SSSR count). The largest absolute Gasteiger partial charge is 0.488 e. The van der Waals surface area contributed by atoms with Crippen molar-refractivity contribution < 1.29 is 19.5 Å². The van der Waals surface area contributed by atoms with Crippen molar-refractivity contribution in [3.05, 3.63) is 75.5 Å². The number of methoxy groups -OCH3 is 2. The van der Waals surface area contributed by atoms with Crippen LogP contribution in [0.5, 0.6) is 12.0 Å². The summed E-state index contributed by atoms with van der Waals surface area (Å²) < 4.78 is 9.62. The van der Waals surface area contributed by atoms with Crippen molar-refractivity contribution in [2.24, 2.45) is 0 Å².